The van der Waals surface area contributed by atoms with Gasteiger partial charge in [0.05, 0.1) is 15.4 Å². The van der Waals surface area contributed by atoms with Gasteiger partial charge in [-0.3, -0.25) is 34.6 Å². The van der Waals surface area contributed by atoms with Gasteiger partial charge in [-0.2, -0.15) is 0 Å². The van der Waals surface area contributed by atoms with Crippen molar-refractivity contribution in [2.24, 2.45) is 0 Å². The van der Waals surface area contributed by atoms with E-state index in [1.54, 1.807) is 0 Å². The van der Waals surface area contributed by atoms with E-state index in [9.17, 15) is 34.6 Å². The lowest BCUT2D eigenvalue weighted by Gasteiger charge is -2.10. The molecule has 0 amide bonds. The Hall–Kier alpha value is -4.15. The van der Waals surface area contributed by atoms with Gasteiger partial charge in [0.1, 0.15) is 0 Å². The zero-order chi connectivity index (χ0) is 20.3. The number of rotatable bonds is 7. The van der Waals surface area contributed by atoms with Crippen LogP contribution in [-0.2, 0) is 9.59 Å². The van der Waals surface area contributed by atoms with Crippen LogP contribution in [0.1, 0.15) is 27.4 Å². The SMILES string of the molecule is O=C(c1ccc([N+](=O)[O-])cc1)c1ccc(C(C(=O)O)C(=O)O)c([N+](=O)[O-])c1. The molecule has 0 heterocycles. The molecule has 0 unspecified atom stereocenters. The van der Waals surface area contributed by atoms with Gasteiger partial charge in [-0.1, -0.05) is 6.07 Å². The smallest absolute Gasteiger partial charge is 0.322 e. The number of carbonyl (C=O) groups excluding carboxylic acids is 1. The van der Waals surface area contributed by atoms with Crippen molar-refractivity contribution in [2.75, 3.05) is 0 Å². The lowest BCUT2D eigenvalue weighted by Crippen LogP contribution is -2.22. The van der Waals surface area contributed by atoms with Crippen molar-refractivity contribution >= 4 is 29.1 Å². The second-order valence-corrected chi connectivity index (χ2v) is 5.27. The Morgan fingerprint density at radius 1 is 0.815 bits per heavy atom. The monoisotopic (exact) mass is 374 g/mol. The minimum Gasteiger partial charge on any atom is -0.480 e. The van der Waals surface area contributed by atoms with Gasteiger partial charge in [-0.15, -0.1) is 0 Å². The van der Waals surface area contributed by atoms with Crippen LogP contribution in [0.5, 0.6) is 0 Å². The zero-order valence-corrected chi connectivity index (χ0v) is 13.3. The van der Waals surface area contributed by atoms with E-state index in [-0.39, 0.29) is 16.8 Å². The van der Waals surface area contributed by atoms with Crippen molar-refractivity contribution in [1.82, 2.24) is 0 Å². The fourth-order valence-electron chi connectivity index (χ4n) is 2.36. The topological polar surface area (TPSA) is 178 Å². The van der Waals surface area contributed by atoms with E-state index in [0.717, 1.165) is 42.5 Å². The molecule has 11 nitrogen and oxygen atoms in total. The van der Waals surface area contributed by atoms with Crippen molar-refractivity contribution in [3.05, 3.63) is 79.4 Å². The van der Waals surface area contributed by atoms with E-state index in [1.807, 2.05) is 0 Å². The molecule has 2 rings (SSSR count). The normalized spacial score (nSPS) is 10.4. The van der Waals surface area contributed by atoms with Crippen molar-refractivity contribution in [2.45, 2.75) is 5.92 Å². The highest BCUT2D eigenvalue weighted by atomic mass is 16.6. The van der Waals surface area contributed by atoms with Gasteiger partial charge in [0.25, 0.3) is 11.4 Å². The molecular formula is C16H10N2O9. The minimum atomic E-state index is -2.17. The molecule has 138 valence electrons. The largest absolute Gasteiger partial charge is 0.480 e. The summed E-state index contributed by atoms with van der Waals surface area (Å²) < 4.78 is 0. The predicted octanol–water partition coefficient (Wildman–Crippen LogP) is 1.99. The van der Waals surface area contributed by atoms with E-state index in [2.05, 4.69) is 0 Å². The van der Waals surface area contributed by atoms with Gasteiger partial charge in [-0.05, 0) is 18.2 Å². The molecular weight excluding hydrogens is 364 g/mol. The van der Waals surface area contributed by atoms with Gasteiger partial charge in [0.2, 0.25) is 0 Å². The number of ketones is 1. The van der Waals surface area contributed by atoms with E-state index in [0.29, 0.717) is 0 Å². The lowest BCUT2D eigenvalue weighted by atomic mass is 9.94. The van der Waals surface area contributed by atoms with E-state index >= 15 is 0 Å². The molecule has 0 atom stereocenters. The van der Waals surface area contributed by atoms with E-state index in [4.69, 9.17) is 10.2 Å². The second-order valence-electron chi connectivity index (χ2n) is 5.27. The van der Waals surface area contributed by atoms with Crippen molar-refractivity contribution in [3.8, 4) is 0 Å². The number of non-ortho nitro benzene ring substituents is 1. The first-order valence-corrected chi connectivity index (χ1v) is 7.16. The number of benzene rings is 2. The van der Waals surface area contributed by atoms with Crippen LogP contribution in [0.3, 0.4) is 0 Å². The third-order valence-electron chi connectivity index (χ3n) is 3.63. The Balaban J connectivity index is 2.50. The lowest BCUT2D eigenvalue weighted by molar-refractivity contribution is -0.385. The van der Waals surface area contributed by atoms with Crippen LogP contribution in [0, 0.1) is 20.2 Å². The average molecular weight is 374 g/mol. The molecule has 0 aliphatic heterocycles. The third-order valence-corrected chi connectivity index (χ3v) is 3.63. The Morgan fingerprint density at radius 3 is 1.78 bits per heavy atom. The molecule has 27 heavy (non-hydrogen) atoms. The van der Waals surface area contributed by atoms with Crippen LogP contribution in [0.2, 0.25) is 0 Å². The van der Waals surface area contributed by atoms with Crippen LogP contribution in [0.25, 0.3) is 0 Å². The number of aliphatic carboxylic acids is 2. The van der Waals surface area contributed by atoms with Crippen LogP contribution in [0.4, 0.5) is 11.4 Å². The Labute approximate surface area is 149 Å². The molecule has 0 spiro atoms. The van der Waals surface area contributed by atoms with Crippen LogP contribution in [0.15, 0.2) is 42.5 Å². The minimum absolute atomic E-state index is 0.00988. The highest BCUT2D eigenvalue weighted by Crippen LogP contribution is 2.29. The van der Waals surface area contributed by atoms with Crippen LogP contribution >= 0.6 is 0 Å². The second kappa shape index (κ2) is 7.39. The summed E-state index contributed by atoms with van der Waals surface area (Å²) in [6.45, 7) is 0. The number of hydrogen-bond acceptors (Lipinski definition) is 7. The van der Waals surface area contributed by atoms with Gasteiger partial charge >= 0.3 is 11.9 Å². The Kier molecular flexibility index (Phi) is 5.25. The molecule has 0 aliphatic rings. The number of carboxylic acid groups (broad SMARTS) is 2. The number of nitro groups is 2. The van der Waals surface area contributed by atoms with Gasteiger partial charge in [0.15, 0.2) is 11.7 Å². The highest BCUT2D eigenvalue weighted by molar-refractivity contribution is 6.10. The first-order chi connectivity index (χ1) is 12.6. The maximum absolute atomic E-state index is 12.4. The summed E-state index contributed by atoms with van der Waals surface area (Å²) in [6.07, 6.45) is 0. The number of carboxylic acids is 2. The summed E-state index contributed by atoms with van der Waals surface area (Å²) in [7, 11) is 0. The molecule has 0 aliphatic carbocycles. The van der Waals surface area contributed by atoms with Crippen molar-refractivity contribution < 1.29 is 34.4 Å². The van der Waals surface area contributed by atoms with E-state index < -0.39 is 44.7 Å². The summed E-state index contributed by atoms with van der Waals surface area (Å²) in [4.78, 5) is 54.9. The summed E-state index contributed by atoms with van der Waals surface area (Å²) in [5, 5.41) is 39.9. The van der Waals surface area contributed by atoms with Gasteiger partial charge in [0, 0.05) is 29.3 Å². The molecule has 0 bridgehead atoms. The molecule has 0 saturated carbocycles. The Morgan fingerprint density at radius 2 is 1.33 bits per heavy atom. The summed E-state index contributed by atoms with van der Waals surface area (Å²) >= 11 is 0. The molecule has 0 radical (unpaired) electrons. The van der Waals surface area contributed by atoms with Gasteiger partial charge in [-0.25, -0.2) is 0 Å². The molecule has 2 N–H and O–H groups in total. The first-order valence-electron chi connectivity index (χ1n) is 7.16. The quantitative estimate of drug-likeness (QED) is 0.317. The number of nitrogens with zero attached hydrogens (tertiary/aromatic N) is 2. The van der Waals surface area contributed by atoms with Crippen LogP contribution < -0.4 is 0 Å². The Bertz CT molecular complexity index is 952. The highest BCUT2D eigenvalue weighted by Gasteiger charge is 2.34. The van der Waals surface area contributed by atoms with Crippen molar-refractivity contribution in [3.63, 3.8) is 0 Å². The number of hydrogen-bond donors (Lipinski definition) is 2. The summed E-state index contributed by atoms with van der Waals surface area (Å²) in [5.74, 6) is -6.46. The maximum atomic E-state index is 12.4. The molecule has 0 saturated heterocycles. The summed E-state index contributed by atoms with van der Waals surface area (Å²) in [6, 6.07) is 7.23. The van der Waals surface area contributed by atoms with Crippen LogP contribution in [-0.4, -0.2) is 37.8 Å². The molecule has 2 aromatic rings. The first kappa shape index (κ1) is 19.2. The fourth-order valence-corrected chi connectivity index (χ4v) is 2.36. The average Bonchev–Trinajstić information content (AvgIpc) is 2.60. The van der Waals surface area contributed by atoms with Crippen molar-refractivity contribution in [1.29, 1.82) is 0 Å². The fraction of sp³-hybridized carbons (Fsp3) is 0.0625. The summed E-state index contributed by atoms with van der Waals surface area (Å²) in [5.41, 5.74) is -1.86. The standard InChI is InChI=1S/C16H10N2O9/c19-14(8-1-4-10(5-2-8)17(24)25)9-3-6-11(12(7-9)18(26)27)13(15(20)21)16(22)23/h1-7,13H,(H,20,21)(H,22,23). The zero-order valence-electron chi connectivity index (χ0n) is 13.3. The molecule has 0 fully saturated rings. The predicted molar refractivity (Wildman–Crippen MR) is 87.6 cm³/mol. The molecule has 11 heteroatoms. The van der Waals surface area contributed by atoms with Gasteiger partial charge < -0.3 is 10.2 Å². The molecule has 2 aromatic carbocycles. The van der Waals surface area contributed by atoms with E-state index in [1.165, 1.54) is 0 Å². The maximum Gasteiger partial charge on any atom is 0.322 e. The number of nitro benzene ring substituents is 2. The molecule has 0 aromatic heterocycles. The number of carbonyl (C=O) groups is 3. The third kappa shape index (κ3) is 3.92.